The number of hydrogen-bond donors (Lipinski definition) is 2. The fourth-order valence-corrected chi connectivity index (χ4v) is 3.84. The molecule has 0 radical (unpaired) electrons. The third kappa shape index (κ3) is 3.88. The molecule has 1 heterocycles. The zero-order valence-corrected chi connectivity index (χ0v) is 15.8. The predicted octanol–water partition coefficient (Wildman–Crippen LogP) is 3.98. The molecule has 2 aromatic carbocycles. The number of aromatic carboxylic acids is 1. The number of aliphatic imine (C=N–C) groups is 1. The molecule has 0 spiro atoms. The van der Waals surface area contributed by atoms with Gasteiger partial charge in [0, 0.05) is 12.2 Å². The molecule has 0 bridgehead atoms. The number of allylic oxidation sites excluding steroid dienone is 1. The highest BCUT2D eigenvalue weighted by Gasteiger charge is 2.34. The van der Waals surface area contributed by atoms with Gasteiger partial charge >= 0.3 is 5.97 Å². The van der Waals surface area contributed by atoms with Gasteiger partial charge < -0.3 is 10.8 Å². The summed E-state index contributed by atoms with van der Waals surface area (Å²) in [5.74, 6) is -1.13. The number of rotatable bonds is 4. The van der Waals surface area contributed by atoms with Crippen LogP contribution in [0.4, 0.5) is 11.4 Å². The van der Waals surface area contributed by atoms with Crippen LogP contribution in [0.5, 0.6) is 0 Å². The summed E-state index contributed by atoms with van der Waals surface area (Å²) in [5, 5.41) is 9.67. The molecule has 0 atom stereocenters. The summed E-state index contributed by atoms with van der Waals surface area (Å²) < 4.78 is 0. The Hall–Kier alpha value is -3.06. The minimum absolute atomic E-state index is 0.115. The summed E-state index contributed by atoms with van der Waals surface area (Å²) in [5.41, 5.74) is 8.85. The van der Waals surface area contributed by atoms with Crippen molar-refractivity contribution >= 4 is 45.8 Å². The van der Waals surface area contributed by atoms with Crippen LogP contribution in [0.15, 0.2) is 58.4 Å². The molecule has 6 nitrogen and oxygen atoms in total. The largest absolute Gasteiger partial charge is 0.478 e. The molecule has 0 aromatic heterocycles. The first-order valence-corrected chi connectivity index (χ1v) is 9.21. The van der Waals surface area contributed by atoms with E-state index in [9.17, 15) is 9.59 Å². The van der Waals surface area contributed by atoms with Crippen LogP contribution in [0.1, 0.15) is 29.8 Å². The Bertz CT molecular complexity index is 982. The van der Waals surface area contributed by atoms with Gasteiger partial charge in [-0.3, -0.25) is 9.69 Å². The molecule has 0 aliphatic carbocycles. The van der Waals surface area contributed by atoms with E-state index in [1.54, 1.807) is 23.1 Å². The number of benzene rings is 2. The molecule has 3 N–H and O–H groups in total. The number of amidine groups is 1. The Morgan fingerprint density at radius 3 is 2.56 bits per heavy atom. The van der Waals surface area contributed by atoms with Crippen LogP contribution in [0, 0.1) is 0 Å². The second kappa shape index (κ2) is 7.67. The minimum atomic E-state index is -1.02. The lowest BCUT2D eigenvalue weighted by atomic mass is 10.1. The molecular formula is C20H19N3O3S. The van der Waals surface area contributed by atoms with E-state index in [1.165, 1.54) is 23.9 Å². The summed E-state index contributed by atoms with van der Waals surface area (Å²) in [6.07, 6.45) is 0. The lowest BCUT2D eigenvalue weighted by molar-refractivity contribution is -0.122. The number of anilines is 1. The number of likely N-dealkylation sites (N-methyl/N-ethyl adjacent to an activating group) is 1. The average Bonchev–Trinajstić information content (AvgIpc) is 2.96. The van der Waals surface area contributed by atoms with Crippen LogP contribution in [0.2, 0.25) is 0 Å². The highest BCUT2D eigenvalue weighted by molar-refractivity contribution is 8.18. The summed E-state index contributed by atoms with van der Waals surface area (Å²) in [6, 6.07) is 13.7. The fourth-order valence-electron chi connectivity index (χ4n) is 2.72. The molecule has 1 aliphatic rings. The van der Waals surface area contributed by atoms with Crippen molar-refractivity contribution in [2.24, 2.45) is 4.99 Å². The van der Waals surface area contributed by atoms with Gasteiger partial charge in [0.1, 0.15) is 0 Å². The highest BCUT2D eigenvalue weighted by Crippen LogP contribution is 2.37. The summed E-state index contributed by atoms with van der Waals surface area (Å²) in [4.78, 5) is 30.7. The van der Waals surface area contributed by atoms with Crippen LogP contribution in [-0.2, 0) is 4.79 Å². The number of carbonyl (C=O) groups is 2. The van der Waals surface area contributed by atoms with Gasteiger partial charge in [-0.05, 0) is 67.1 Å². The molecule has 0 saturated carbocycles. The first-order valence-electron chi connectivity index (χ1n) is 8.39. The van der Waals surface area contributed by atoms with E-state index in [2.05, 4.69) is 4.99 Å². The van der Waals surface area contributed by atoms with Crippen LogP contribution in [-0.4, -0.2) is 33.6 Å². The lowest BCUT2D eigenvalue weighted by Crippen LogP contribution is -2.28. The number of nitrogens with zero attached hydrogens (tertiary/aromatic N) is 2. The van der Waals surface area contributed by atoms with Crippen LogP contribution < -0.4 is 5.73 Å². The first kappa shape index (κ1) is 18.7. The third-order valence-corrected chi connectivity index (χ3v) is 5.34. The average molecular weight is 381 g/mol. The van der Waals surface area contributed by atoms with Crippen molar-refractivity contribution in [3.05, 3.63) is 64.6 Å². The van der Waals surface area contributed by atoms with Gasteiger partial charge in [-0.25, -0.2) is 9.79 Å². The molecule has 0 unspecified atom stereocenters. The number of carboxylic acids is 1. The minimum Gasteiger partial charge on any atom is -0.478 e. The summed E-state index contributed by atoms with van der Waals surface area (Å²) in [6.45, 7) is 4.23. The Kier molecular flexibility index (Phi) is 5.32. The van der Waals surface area contributed by atoms with Crippen LogP contribution >= 0.6 is 11.8 Å². The number of carboxylic acid groups (broad SMARTS) is 1. The number of nitrogen functional groups attached to an aromatic ring is 1. The maximum absolute atomic E-state index is 12.9. The zero-order valence-electron chi connectivity index (χ0n) is 15.0. The van der Waals surface area contributed by atoms with E-state index in [4.69, 9.17) is 10.8 Å². The number of amides is 1. The number of thioether (sulfide) groups is 1. The molecule has 27 heavy (non-hydrogen) atoms. The first-order chi connectivity index (χ1) is 12.9. The lowest BCUT2D eigenvalue weighted by Gasteiger charge is -2.12. The molecule has 1 amide bonds. The molecule has 1 saturated heterocycles. The van der Waals surface area contributed by atoms with E-state index in [0.717, 1.165) is 11.1 Å². The van der Waals surface area contributed by atoms with E-state index in [1.807, 2.05) is 32.0 Å². The molecule has 2 aromatic rings. The molecular weight excluding hydrogens is 362 g/mol. The van der Waals surface area contributed by atoms with Crippen LogP contribution in [0.25, 0.3) is 5.57 Å². The smallest absolute Gasteiger partial charge is 0.335 e. The quantitative estimate of drug-likeness (QED) is 0.617. The van der Waals surface area contributed by atoms with Gasteiger partial charge in [0.15, 0.2) is 5.17 Å². The van der Waals surface area contributed by atoms with Crippen LogP contribution in [0.3, 0.4) is 0 Å². The maximum atomic E-state index is 12.9. The van der Waals surface area contributed by atoms with Crippen molar-refractivity contribution in [3.63, 3.8) is 0 Å². The van der Waals surface area contributed by atoms with E-state index < -0.39 is 5.97 Å². The summed E-state index contributed by atoms with van der Waals surface area (Å²) in [7, 11) is 0. The van der Waals surface area contributed by atoms with Gasteiger partial charge in [0.25, 0.3) is 5.91 Å². The highest BCUT2D eigenvalue weighted by atomic mass is 32.2. The zero-order chi connectivity index (χ0) is 19.6. The molecule has 1 aliphatic heterocycles. The predicted molar refractivity (Wildman–Crippen MR) is 109 cm³/mol. The standard InChI is InChI=1S/C20H19N3O3S/c1-3-23-18(24)17(12(2)13-6-4-8-15(21)10-13)27-20(23)22-16-9-5-7-14(11-16)19(25)26/h4-11H,3,21H2,1-2H3,(H,25,26)/b17-12-,22-20?. The Balaban J connectivity index is 2.01. The fraction of sp³-hybridized carbons (Fsp3) is 0.150. The third-order valence-electron chi connectivity index (χ3n) is 4.16. The number of hydrogen-bond acceptors (Lipinski definition) is 5. The topological polar surface area (TPSA) is 96.0 Å². The van der Waals surface area contributed by atoms with E-state index in [0.29, 0.717) is 28.0 Å². The van der Waals surface area contributed by atoms with Gasteiger partial charge in [-0.1, -0.05) is 18.2 Å². The van der Waals surface area contributed by atoms with Crippen molar-refractivity contribution in [1.82, 2.24) is 4.90 Å². The van der Waals surface area contributed by atoms with Gasteiger partial charge in [0.2, 0.25) is 0 Å². The van der Waals surface area contributed by atoms with Crippen molar-refractivity contribution < 1.29 is 14.7 Å². The number of nitrogens with two attached hydrogens (primary N) is 1. The van der Waals surface area contributed by atoms with Crippen molar-refractivity contribution in [2.75, 3.05) is 12.3 Å². The van der Waals surface area contributed by atoms with Crippen molar-refractivity contribution in [2.45, 2.75) is 13.8 Å². The Morgan fingerprint density at radius 2 is 1.89 bits per heavy atom. The molecule has 3 rings (SSSR count). The monoisotopic (exact) mass is 381 g/mol. The Morgan fingerprint density at radius 1 is 1.19 bits per heavy atom. The van der Waals surface area contributed by atoms with E-state index in [-0.39, 0.29) is 11.5 Å². The second-order valence-corrected chi connectivity index (χ2v) is 6.96. The van der Waals surface area contributed by atoms with Crippen molar-refractivity contribution in [1.29, 1.82) is 0 Å². The van der Waals surface area contributed by atoms with Gasteiger partial charge in [-0.15, -0.1) is 0 Å². The van der Waals surface area contributed by atoms with Gasteiger partial charge in [0.05, 0.1) is 16.2 Å². The van der Waals surface area contributed by atoms with Gasteiger partial charge in [-0.2, -0.15) is 0 Å². The van der Waals surface area contributed by atoms with E-state index >= 15 is 0 Å². The summed E-state index contributed by atoms with van der Waals surface area (Å²) >= 11 is 1.29. The second-order valence-electron chi connectivity index (χ2n) is 5.98. The normalized spacial score (nSPS) is 17.5. The molecule has 1 fully saturated rings. The van der Waals surface area contributed by atoms with Crippen molar-refractivity contribution in [3.8, 4) is 0 Å². The SMILES string of the molecule is CCN1C(=O)/C(=C(\C)c2cccc(N)c2)SC1=Nc1cccc(C(=O)O)c1. The maximum Gasteiger partial charge on any atom is 0.335 e. The Labute approximate surface area is 161 Å². The number of carbonyl (C=O) groups excluding carboxylic acids is 1. The molecule has 7 heteroatoms. The molecule has 138 valence electrons.